The maximum atomic E-state index is 13.0. The van der Waals surface area contributed by atoms with Gasteiger partial charge >= 0.3 is 0 Å². The molecule has 3 heterocycles. The number of likely N-dealkylation sites (tertiary alicyclic amines) is 1. The Kier molecular flexibility index (Phi) is 5.07. The van der Waals surface area contributed by atoms with Crippen LogP contribution >= 0.6 is 0 Å². The van der Waals surface area contributed by atoms with Crippen LogP contribution in [0.2, 0.25) is 0 Å². The summed E-state index contributed by atoms with van der Waals surface area (Å²) in [6.07, 6.45) is 6.63. The lowest BCUT2D eigenvalue weighted by molar-refractivity contribution is 0.0547. The second-order valence-corrected chi connectivity index (χ2v) is 7.45. The molecule has 0 radical (unpaired) electrons. The molecule has 0 spiro atoms. The number of rotatable bonds is 4. The first kappa shape index (κ1) is 17.3. The molecular weight excluding hydrogens is 326 g/mol. The molecule has 1 aromatic carbocycles. The van der Waals surface area contributed by atoms with Gasteiger partial charge < -0.3 is 9.42 Å². The van der Waals surface area contributed by atoms with E-state index < -0.39 is 0 Å². The van der Waals surface area contributed by atoms with Gasteiger partial charge in [0.25, 0.3) is 5.91 Å². The second kappa shape index (κ2) is 7.62. The van der Waals surface area contributed by atoms with Crippen molar-refractivity contribution in [2.75, 3.05) is 19.6 Å². The first-order chi connectivity index (χ1) is 12.8. The molecule has 138 valence electrons. The number of piperidine rings is 1. The zero-order valence-corrected chi connectivity index (χ0v) is 15.5. The Morgan fingerprint density at radius 2 is 2.12 bits per heavy atom. The molecular formula is C21H27N3O2. The van der Waals surface area contributed by atoms with Gasteiger partial charge in [0.1, 0.15) is 11.3 Å². The lowest BCUT2D eigenvalue weighted by atomic mass is 9.95. The van der Waals surface area contributed by atoms with Gasteiger partial charge in [-0.3, -0.25) is 9.69 Å². The first-order valence-corrected chi connectivity index (χ1v) is 9.80. The number of fused-ring (bicyclic) bond motifs is 1. The van der Waals surface area contributed by atoms with Gasteiger partial charge in [0, 0.05) is 38.6 Å². The maximum absolute atomic E-state index is 13.0. The van der Waals surface area contributed by atoms with Crippen LogP contribution in [-0.4, -0.2) is 46.5 Å². The third kappa shape index (κ3) is 3.40. The molecule has 26 heavy (non-hydrogen) atoms. The summed E-state index contributed by atoms with van der Waals surface area (Å²) in [7, 11) is 0. The van der Waals surface area contributed by atoms with Crippen LogP contribution < -0.4 is 0 Å². The van der Waals surface area contributed by atoms with Crippen molar-refractivity contribution >= 4 is 5.91 Å². The van der Waals surface area contributed by atoms with Crippen molar-refractivity contribution < 1.29 is 9.32 Å². The number of amides is 1. The topological polar surface area (TPSA) is 49.6 Å². The minimum atomic E-state index is 0.0804. The van der Waals surface area contributed by atoms with Crippen molar-refractivity contribution in [3.63, 3.8) is 0 Å². The molecule has 2 aliphatic heterocycles. The van der Waals surface area contributed by atoms with Gasteiger partial charge in [-0.1, -0.05) is 36.3 Å². The Morgan fingerprint density at radius 1 is 1.27 bits per heavy atom. The molecule has 0 unspecified atom stereocenters. The minimum absolute atomic E-state index is 0.0804. The average Bonchev–Trinajstić information content (AvgIpc) is 3.16. The average molecular weight is 353 g/mol. The molecule has 0 saturated carbocycles. The largest absolute Gasteiger partial charge is 0.361 e. The summed E-state index contributed by atoms with van der Waals surface area (Å²) in [5.41, 5.74) is 3.56. The molecule has 1 atom stereocenters. The fraction of sp³-hybridized carbons (Fsp3) is 0.524. The van der Waals surface area contributed by atoms with Crippen LogP contribution in [0.5, 0.6) is 0 Å². The van der Waals surface area contributed by atoms with E-state index in [-0.39, 0.29) is 5.91 Å². The SMILES string of the molecule is CCCc1oncc1C(=O)N1CCC[C@H](N2CCc3ccccc3C2)C1. The monoisotopic (exact) mass is 353 g/mol. The van der Waals surface area contributed by atoms with Gasteiger partial charge in [-0.2, -0.15) is 0 Å². The Balaban J connectivity index is 1.45. The number of aryl methyl sites for hydroxylation is 1. The Bertz CT molecular complexity index is 770. The van der Waals surface area contributed by atoms with Gasteiger partial charge in [-0.05, 0) is 36.8 Å². The summed E-state index contributed by atoms with van der Waals surface area (Å²) in [5, 5.41) is 3.86. The highest BCUT2D eigenvalue weighted by Crippen LogP contribution is 2.25. The van der Waals surface area contributed by atoms with Crippen molar-refractivity contribution in [2.24, 2.45) is 0 Å². The zero-order chi connectivity index (χ0) is 17.9. The molecule has 1 saturated heterocycles. The van der Waals surface area contributed by atoms with Crippen LogP contribution in [0.25, 0.3) is 0 Å². The van der Waals surface area contributed by atoms with Crippen LogP contribution in [0.4, 0.5) is 0 Å². The van der Waals surface area contributed by atoms with E-state index in [1.807, 2.05) is 4.90 Å². The highest BCUT2D eigenvalue weighted by molar-refractivity contribution is 5.95. The maximum Gasteiger partial charge on any atom is 0.259 e. The fourth-order valence-corrected chi connectivity index (χ4v) is 4.28. The molecule has 0 bridgehead atoms. The van der Waals surface area contributed by atoms with Crippen molar-refractivity contribution in [3.05, 3.63) is 52.9 Å². The van der Waals surface area contributed by atoms with E-state index >= 15 is 0 Å². The summed E-state index contributed by atoms with van der Waals surface area (Å²) in [6.45, 7) is 5.80. The minimum Gasteiger partial charge on any atom is -0.361 e. The molecule has 5 nitrogen and oxygen atoms in total. The van der Waals surface area contributed by atoms with Crippen LogP contribution in [-0.2, 0) is 19.4 Å². The summed E-state index contributed by atoms with van der Waals surface area (Å²) in [6, 6.07) is 9.17. The first-order valence-electron chi connectivity index (χ1n) is 9.80. The number of nitrogens with zero attached hydrogens (tertiary/aromatic N) is 3. The Morgan fingerprint density at radius 3 is 2.96 bits per heavy atom. The van der Waals surface area contributed by atoms with E-state index in [9.17, 15) is 4.79 Å². The van der Waals surface area contributed by atoms with Crippen LogP contribution in [0.15, 0.2) is 35.0 Å². The van der Waals surface area contributed by atoms with E-state index in [2.05, 4.69) is 41.2 Å². The standard InChI is InChI=1S/C21H27N3O2/c1-2-6-20-19(13-22-26-20)21(25)24-11-5-9-18(15-24)23-12-10-16-7-3-4-8-17(16)14-23/h3-4,7-8,13,18H,2,5-6,9-12,14-15H2,1H3/t18-/m0/s1. The van der Waals surface area contributed by atoms with Gasteiger partial charge in [0.15, 0.2) is 0 Å². The highest BCUT2D eigenvalue weighted by Gasteiger charge is 2.31. The smallest absolute Gasteiger partial charge is 0.259 e. The van der Waals surface area contributed by atoms with Crippen LogP contribution in [0, 0.1) is 0 Å². The second-order valence-electron chi connectivity index (χ2n) is 7.45. The summed E-state index contributed by atoms with van der Waals surface area (Å²) < 4.78 is 5.29. The molecule has 5 heteroatoms. The normalized spacial score (nSPS) is 20.8. The number of benzene rings is 1. The molecule has 0 N–H and O–H groups in total. The van der Waals surface area contributed by atoms with E-state index in [0.717, 1.165) is 64.0 Å². The van der Waals surface area contributed by atoms with Crippen molar-refractivity contribution in [1.82, 2.24) is 15.0 Å². The van der Waals surface area contributed by atoms with Crippen LogP contribution in [0.3, 0.4) is 0 Å². The van der Waals surface area contributed by atoms with Gasteiger partial charge in [0.05, 0.1) is 6.20 Å². The molecule has 1 aromatic heterocycles. The lowest BCUT2D eigenvalue weighted by Gasteiger charge is -2.41. The summed E-state index contributed by atoms with van der Waals surface area (Å²) >= 11 is 0. The number of hydrogen-bond acceptors (Lipinski definition) is 4. The molecule has 4 rings (SSSR count). The molecule has 2 aliphatic rings. The quantitative estimate of drug-likeness (QED) is 0.846. The van der Waals surface area contributed by atoms with Gasteiger partial charge in [-0.25, -0.2) is 0 Å². The molecule has 2 aromatic rings. The Hall–Kier alpha value is -2.14. The van der Waals surface area contributed by atoms with Crippen molar-refractivity contribution in [1.29, 1.82) is 0 Å². The third-order valence-corrected chi connectivity index (χ3v) is 5.71. The van der Waals surface area contributed by atoms with Gasteiger partial charge in [0.2, 0.25) is 0 Å². The highest BCUT2D eigenvalue weighted by atomic mass is 16.5. The van der Waals surface area contributed by atoms with Crippen molar-refractivity contribution in [3.8, 4) is 0 Å². The van der Waals surface area contributed by atoms with Gasteiger partial charge in [-0.15, -0.1) is 0 Å². The third-order valence-electron chi connectivity index (χ3n) is 5.71. The molecule has 1 fully saturated rings. The van der Waals surface area contributed by atoms with Crippen molar-refractivity contribution in [2.45, 2.75) is 51.6 Å². The number of carbonyl (C=O) groups is 1. The predicted molar refractivity (Wildman–Crippen MR) is 100.0 cm³/mol. The molecule has 1 amide bonds. The van der Waals surface area contributed by atoms with E-state index in [0.29, 0.717) is 11.6 Å². The lowest BCUT2D eigenvalue weighted by Crippen LogP contribution is -2.51. The fourth-order valence-electron chi connectivity index (χ4n) is 4.28. The summed E-state index contributed by atoms with van der Waals surface area (Å²) in [4.78, 5) is 17.5. The number of aromatic nitrogens is 1. The van der Waals surface area contributed by atoms with Crippen LogP contribution in [0.1, 0.15) is 53.4 Å². The summed E-state index contributed by atoms with van der Waals surface area (Å²) in [5.74, 6) is 0.809. The molecule has 0 aliphatic carbocycles. The van der Waals surface area contributed by atoms with E-state index in [1.165, 1.54) is 11.1 Å². The Labute approximate surface area is 155 Å². The number of hydrogen-bond donors (Lipinski definition) is 0. The van der Waals surface area contributed by atoms with E-state index in [4.69, 9.17) is 4.52 Å². The number of carbonyl (C=O) groups excluding carboxylic acids is 1. The zero-order valence-electron chi connectivity index (χ0n) is 15.5. The van der Waals surface area contributed by atoms with E-state index in [1.54, 1.807) is 6.20 Å². The predicted octanol–water partition coefficient (Wildman–Crippen LogP) is 3.29.